The molecule has 0 aromatic carbocycles. The largest absolute Gasteiger partial charge is 0.361 e. The Morgan fingerprint density at radius 1 is 1.21 bits per heavy atom. The Kier molecular flexibility index (Phi) is 4.72. The van der Waals surface area contributed by atoms with Crippen LogP contribution in [0.25, 0.3) is 0 Å². The topological polar surface area (TPSA) is 58.6 Å². The fourth-order valence-corrected chi connectivity index (χ4v) is 3.05. The van der Waals surface area contributed by atoms with E-state index in [-0.39, 0.29) is 11.1 Å². The maximum Gasteiger partial charge on any atom is 0.361 e. The van der Waals surface area contributed by atoms with E-state index >= 15 is 0 Å². The summed E-state index contributed by atoms with van der Waals surface area (Å²) < 4.78 is 0. The SMILES string of the molecule is C[C@@H]1CCCCCCC(C)(c2cn[nH]c(=O)n2)CC1. The summed E-state index contributed by atoms with van der Waals surface area (Å²) in [7, 11) is 0. The predicted molar refractivity (Wildman–Crippen MR) is 76.1 cm³/mol. The first-order valence-corrected chi connectivity index (χ1v) is 7.52. The van der Waals surface area contributed by atoms with Crippen molar-refractivity contribution in [3.8, 4) is 0 Å². The molecule has 2 rings (SSSR count). The third-order valence-corrected chi connectivity index (χ3v) is 4.55. The molecule has 19 heavy (non-hydrogen) atoms. The summed E-state index contributed by atoms with van der Waals surface area (Å²) >= 11 is 0. The van der Waals surface area contributed by atoms with Crippen molar-refractivity contribution in [3.05, 3.63) is 22.4 Å². The van der Waals surface area contributed by atoms with Crippen LogP contribution in [0, 0.1) is 5.92 Å². The van der Waals surface area contributed by atoms with Crippen molar-refractivity contribution in [2.45, 2.75) is 70.6 Å². The third-order valence-electron chi connectivity index (χ3n) is 4.55. The Morgan fingerprint density at radius 2 is 2.00 bits per heavy atom. The molecule has 0 radical (unpaired) electrons. The van der Waals surface area contributed by atoms with Crippen molar-refractivity contribution < 1.29 is 0 Å². The summed E-state index contributed by atoms with van der Waals surface area (Å²) in [6.07, 6.45) is 11.7. The molecule has 0 bridgehead atoms. The molecule has 1 heterocycles. The predicted octanol–water partition coefficient (Wildman–Crippen LogP) is 3.19. The second kappa shape index (κ2) is 6.31. The Balaban J connectivity index is 2.18. The zero-order chi connectivity index (χ0) is 13.7. The van der Waals surface area contributed by atoms with Gasteiger partial charge in [-0.25, -0.2) is 9.89 Å². The Bertz CT molecular complexity index is 457. The monoisotopic (exact) mass is 263 g/mol. The number of nitrogens with zero attached hydrogens (tertiary/aromatic N) is 2. The molecule has 1 aliphatic carbocycles. The van der Waals surface area contributed by atoms with Gasteiger partial charge in [0.25, 0.3) is 0 Å². The number of rotatable bonds is 1. The first-order chi connectivity index (χ1) is 9.10. The van der Waals surface area contributed by atoms with Crippen molar-refractivity contribution in [2.75, 3.05) is 0 Å². The molecule has 1 unspecified atom stereocenters. The highest BCUT2D eigenvalue weighted by Gasteiger charge is 2.29. The second-order valence-corrected chi connectivity index (χ2v) is 6.33. The van der Waals surface area contributed by atoms with E-state index < -0.39 is 0 Å². The average molecular weight is 263 g/mol. The Labute approximate surface area is 115 Å². The van der Waals surface area contributed by atoms with Gasteiger partial charge in [-0.3, -0.25) is 0 Å². The normalized spacial score (nSPS) is 29.9. The Hall–Kier alpha value is -1.19. The van der Waals surface area contributed by atoms with Crippen LogP contribution in [0.4, 0.5) is 0 Å². The Morgan fingerprint density at radius 3 is 2.79 bits per heavy atom. The van der Waals surface area contributed by atoms with Gasteiger partial charge < -0.3 is 0 Å². The molecule has 106 valence electrons. The number of nitrogens with one attached hydrogen (secondary N) is 1. The number of hydrogen-bond acceptors (Lipinski definition) is 3. The van der Waals surface area contributed by atoms with Crippen LogP contribution in [0.3, 0.4) is 0 Å². The molecule has 4 heteroatoms. The van der Waals surface area contributed by atoms with Gasteiger partial charge in [-0.05, 0) is 25.2 Å². The van der Waals surface area contributed by atoms with Crippen molar-refractivity contribution in [1.29, 1.82) is 0 Å². The van der Waals surface area contributed by atoms with E-state index in [4.69, 9.17) is 0 Å². The van der Waals surface area contributed by atoms with E-state index in [0.717, 1.165) is 24.5 Å². The highest BCUT2D eigenvalue weighted by molar-refractivity contribution is 5.10. The van der Waals surface area contributed by atoms with Gasteiger partial charge in [0.05, 0.1) is 11.9 Å². The smallest absolute Gasteiger partial charge is 0.244 e. The zero-order valence-electron chi connectivity index (χ0n) is 12.1. The van der Waals surface area contributed by atoms with Crippen LogP contribution in [0.2, 0.25) is 0 Å². The van der Waals surface area contributed by atoms with E-state index in [1.807, 2.05) is 0 Å². The standard InChI is InChI=1S/C15H25N3O/c1-12-7-5-3-4-6-9-15(2,10-8-12)13-11-16-18-14(19)17-13/h11-12H,3-10H2,1-2H3,(H,17,18,19)/t12-,15?/m1/s1. The van der Waals surface area contributed by atoms with Crippen LogP contribution in [0.5, 0.6) is 0 Å². The minimum Gasteiger partial charge on any atom is -0.244 e. The molecule has 0 aliphatic heterocycles. The molecule has 0 spiro atoms. The maximum absolute atomic E-state index is 11.4. The average Bonchev–Trinajstić information content (AvgIpc) is 2.40. The molecule has 1 N–H and O–H groups in total. The quantitative estimate of drug-likeness (QED) is 0.846. The second-order valence-electron chi connectivity index (χ2n) is 6.33. The van der Waals surface area contributed by atoms with Gasteiger partial charge in [0.15, 0.2) is 0 Å². The van der Waals surface area contributed by atoms with Gasteiger partial charge in [0.1, 0.15) is 0 Å². The fraction of sp³-hybridized carbons (Fsp3) is 0.800. The van der Waals surface area contributed by atoms with Crippen molar-refractivity contribution in [3.63, 3.8) is 0 Å². The molecule has 1 saturated carbocycles. The van der Waals surface area contributed by atoms with E-state index in [1.165, 1.54) is 38.5 Å². The van der Waals surface area contributed by atoms with Crippen molar-refractivity contribution >= 4 is 0 Å². The highest BCUT2D eigenvalue weighted by atomic mass is 16.1. The summed E-state index contributed by atoms with van der Waals surface area (Å²) in [6, 6.07) is 0. The van der Waals surface area contributed by atoms with Crippen LogP contribution in [0.1, 0.15) is 70.9 Å². The van der Waals surface area contributed by atoms with Gasteiger partial charge in [-0.1, -0.05) is 46.0 Å². The first kappa shape index (κ1) is 14.2. The van der Waals surface area contributed by atoms with Crippen molar-refractivity contribution in [2.24, 2.45) is 5.92 Å². The lowest BCUT2D eigenvalue weighted by Gasteiger charge is -2.30. The van der Waals surface area contributed by atoms with E-state index in [1.54, 1.807) is 6.20 Å². The lowest BCUT2D eigenvalue weighted by Crippen LogP contribution is -2.29. The molecule has 0 saturated heterocycles. The minimum absolute atomic E-state index is 0.00681. The molecular weight excluding hydrogens is 238 g/mol. The van der Waals surface area contributed by atoms with Gasteiger partial charge >= 0.3 is 5.69 Å². The zero-order valence-corrected chi connectivity index (χ0v) is 12.1. The molecule has 1 aromatic heterocycles. The number of aromatic nitrogens is 3. The summed E-state index contributed by atoms with van der Waals surface area (Å²) in [5.41, 5.74) is 0.542. The summed E-state index contributed by atoms with van der Waals surface area (Å²) in [6.45, 7) is 4.58. The van der Waals surface area contributed by atoms with E-state index in [0.29, 0.717) is 0 Å². The summed E-state index contributed by atoms with van der Waals surface area (Å²) in [5.74, 6) is 0.771. The minimum atomic E-state index is -0.330. The van der Waals surface area contributed by atoms with Gasteiger partial charge in [-0.15, -0.1) is 0 Å². The van der Waals surface area contributed by atoms with Crippen LogP contribution in [-0.2, 0) is 5.41 Å². The lowest BCUT2D eigenvalue weighted by molar-refractivity contribution is 0.307. The van der Waals surface area contributed by atoms with Gasteiger partial charge in [-0.2, -0.15) is 10.1 Å². The number of H-pyrrole nitrogens is 1. The summed E-state index contributed by atoms with van der Waals surface area (Å²) in [5, 5.41) is 6.29. The van der Waals surface area contributed by atoms with Crippen LogP contribution >= 0.6 is 0 Å². The van der Waals surface area contributed by atoms with Gasteiger partial charge in [0.2, 0.25) is 0 Å². The lowest BCUT2D eigenvalue weighted by atomic mass is 9.75. The maximum atomic E-state index is 11.4. The molecule has 2 atom stereocenters. The van der Waals surface area contributed by atoms with Crippen molar-refractivity contribution in [1.82, 2.24) is 15.2 Å². The summed E-state index contributed by atoms with van der Waals surface area (Å²) in [4.78, 5) is 15.5. The van der Waals surface area contributed by atoms with Crippen LogP contribution in [-0.4, -0.2) is 15.2 Å². The molecule has 1 aliphatic rings. The van der Waals surface area contributed by atoms with Gasteiger partial charge in [0, 0.05) is 5.41 Å². The molecule has 0 amide bonds. The van der Waals surface area contributed by atoms with Crippen LogP contribution < -0.4 is 5.69 Å². The third kappa shape index (κ3) is 3.88. The first-order valence-electron chi connectivity index (χ1n) is 7.52. The number of hydrogen-bond donors (Lipinski definition) is 1. The van der Waals surface area contributed by atoms with E-state index in [2.05, 4.69) is 29.0 Å². The van der Waals surface area contributed by atoms with E-state index in [9.17, 15) is 4.79 Å². The molecular formula is C15H25N3O. The molecule has 1 aromatic rings. The highest BCUT2D eigenvalue weighted by Crippen LogP contribution is 2.35. The van der Waals surface area contributed by atoms with Crippen LogP contribution in [0.15, 0.2) is 11.0 Å². The fourth-order valence-electron chi connectivity index (χ4n) is 3.05. The molecule has 4 nitrogen and oxygen atoms in total. The molecule has 1 fully saturated rings. The number of aromatic amines is 1.